The molecule has 0 spiro atoms. The van der Waals surface area contributed by atoms with Crippen LogP contribution in [-0.4, -0.2) is 9.38 Å². The maximum Gasteiger partial charge on any atom is 0.194 e. The van der Waals surface area contributed by atoms with Crippen molar-refractivity contribution in [2.45, 2.75) is 6.92 Å². The lowest BCUT2D eigenvalue weighted by Crippen LogP contribution is -1.86. The zero-order chi connectivity index (χ0) is 15.1. The van der Waals surface area contributed by atoms with Gasteiger partial charge in [-0.25, -0.2) is 4.98 Å². The first-order chi connectivity index (χ1) is 10.7. The molecule has 0 fully saturated rings. The third kappa shape index (κ3) is 2.09. The molecule has 2 heterocycles. The van der Waals surface area contributed by atoms with Crippen molar-refractivity contribution in [2.24, 2.45) is 0 Å². The number of hydrogen-bond donors (Lipinski definition) is 1. The molecule has 4 rings (SSSR count). The molecular weight excluding hydrogens is 290 g/mol. The lowest BCUT2D eigenvalue weighted by molar-refractivity contribution is 1.22. The Hall–Kier alpha value is -2.59. The molecule has 0 aliphatic heterocycles. The SMILES string of the molecule is Cc1sc2nc(-c3ccc(N)cc3)cn2c1-c1ccccc1. The summed E-state index contributed by atoms with van der Waals surface area (Å²) in [6.07, 6.45) is 2.10. The number of anilines is 1. The van der Waals surface area contributed by atoms with Crippen molar-refractivity contribution in [3.63, 3.8) is 0 Å². The lowest BCUT2D eigenvalue weighted by atomic mass is 10.1. The number of nitrogen functional groups attached to an aromatic ring is 1. The first kappa shape index (κ1) is 13.1. The van der Waals surface area contributed by atoms with Crippen LogP contribution < -0.4 is 5.73 Å². The second-order valence-electron chi connectivity index (χ2n) is 5.27. The van der Waals surface area contributed by atoms with Crippen LogP contribution >= 0.6 is 11.3 Å². The maximum absolute atomic E-state index is 5.76. The fraction of sp³-hybridized carbons (Fsp3) is 0.0556. The van der Waals surface area contributed by atoms with Crippen molar-refractivity contribution in [2.75, 3.05) is 5.73 Å². The number of aryl methyl sites for hydroxylation is 1. The summed E-state index contributed by atoms with van der Waals surface area (Å²) in [5.74, 6) is 0. The van der Waals surface area contributed by atoms with Crippen LogP contribution in [0.3, 0.4) is 0 Å². The van der Waals surface area contributed by atoms with Crippen LogP contribution in [0.1, 0.15) is 4.88 Å². The summed E-state index contributed by atoms with van der Waals surface area (Å²) < 4.78 is 2.18. The highest BCUT2D eigenvalue weighted by Gasteiger charge is 2.14. The van der Waals surface area contributed by atoms with Gasteiger partial charge in [-0.1, -0.05) is 42.5 Å². The van der Waals surface area contributed by atoms with Crippen molar-refractivity contribution in [3.05, 3.63) is 65.7 Å². The Kier molecular flexibility index (Phi) is 2.98. The predicted octanol–water partition coefficient (Wildman–Crippen LogP) is 4.62. The Morgan fingerprint density at radius 1 is 0.955 bits per heavy atom. The minimum absolute atomic E-state index is 0.769. The molecule has 2 N–H and O–H groups in total. The van der Waals surface area contributed by atoms with Gasteiger partial charge in [0.25, 0.3) is 0 Å². The van der Waals surface area contributed by atoms with E-state index in [-0.39, 0.29) is 0 Å². The summed E-state index contributed by atoms with van der Waals surface area (Å²) in [6, 6.07) is 18.3. The Labute approximate surface area is 132 Å². The zero-order valence-corrected chi connectivity index (χ0v) is 13.0. The van der Waals surface area contributed by atoms with Crippen molar-refractivity contribution < 1.29 is 0 Å². The van der Waals surface area contributed by atoms with Gasteiger partial charge in [0.15, 0.2) is 4.96 Å². The van der Waals surface area contributed by atoms with Crippen molar-refractivity contribution >= 4 is 22.0 Å². The van der Waals surface area contributed by atoms with Gasteiger partial charge in [-0.2, -0.15) is 0 Å². The van der Waals surface area contributed by atoms with E-state index in [2.05, 4.69) is 41.8 Å². The third-order valence-electron chi connectivity index (χ3n) is 3.75. The summed E-state index contributed by atoms with van der Waals surface area (Å²) >= 11 is 1.72. The molecule has 0 radical (unpaired) electrons. The van der Waals surface area contributed by atoms with Gasteiger partial charge in [0.1, 0.15) is 0 Å². The number of benzene rings is 2. The van der Waals surface area contributed by atoms with E-state index in [1.807, 2.05) is 30.3 Å². The average Bonchev–Trinajstić information content (AvgIpc) is 3.05. The van der Waals surface area contributed by atoms with Crippen LogP contribution in [0.25, 0.3) is 27.5 Å². The smallest absolute Gasteiger partial charge is 0.194 e. The normalized spacial score (nSPS) is 11.1. The Bertz CT molecular complexity index is 934. The van der Waals surface area contributed by atoms with E-state index in [9.17, 15) is 0 Å². The van der Waals surface area contributed by atoms with Crippen LogP contribution in [0.4, 0.5) is 5.69 Å². The summed E-state index contributed by atoms with van der Waals surface area (Å²) in [7, 11) is 0. The summed E-state index contributed by atoms with van der Waals surface area (Å²) in [5.41, 5.74) is 11.0. The van der Waals surface area contributed by atoms with Crippen molar-refractivity contribution in [1.82, 2.24) is 9.38 Å². The molecule has 0 aliphatic carbocycles. The molecule has 0 atom stereocenters. The fourth-order valence-corrected chi connectivity index (χ4v) is 3.65. The minimum Gasteiger partial charge on any atom is -0.399 e. The minimum atomic E-state index is 0.769. The predicted molar refractivity (Wildman–Crippen MR) is 93.1 cm³/mol. The number of rotatable bonds is 2. The summed E-state index contributed by atoms with van der Waals surface area (Å²) in [4.78, 5) is 7.05. The van der Waals surface area contributed by atoms with Gasteiger partial charge < -0.3 is 5.73 Å². The van der Waals surface area contributed by atoms with Crippen LogP contribution in [-0.2, 0) is 0 Å². The molecule has 3 nitrogen and oxygen atoms in total. The Morgan fingerprint density at radius 3 is 2.41 bits per heavy atom. The Balaban J connectivity index is 1.89. The molecular formula is C18H15N3S. The molecule has 0 bridgehead atoms. The molecule has 0 saturated carbocycles. The van der Waals surface area contributed by atoms with Gasteiger partial charge in [0.2, 0.25) is 0 Å². The molecule has 4 heteroatoms. The van der Waals surface area contributed by atoms with Crippen molar-refractivity contribution in [3.8, 4) is 22.5 Å². The molecule has 22 heavy (non-hydrogen) atoms. The van der Waals surface area contributed by atoms with Crippen LogP contribution in [0, 0.1) is 6.92 Å². The number of nitrogens with zero attached hydrogens (tertiary/aromatic N) is 2. The second-order valence-corrected chi connectivity index (χ2v) is 6.46. The van der Waals surface area contributed by atoms with E-state index in [1.165, 1.54) is 16.1 Å². The molecule has 0 unspecified atom stereocenters. The third-order valence-corrected chi connectivity index (χ3v) is 4.72. The quantitative estimate of drug-likeness (QED) is 0.549. The highest BCUT2D eigenvalue weighted by atomic mass is 32.1. The number of hydrogen-bond acceptors (Lipinski definition) is 3. The van der Waals surface area contributed by atoms with E-state index >= 15 is 0 Å². The Morgan fingerprint density at radius 2 is 1.68 bits per heavy atom. The standard InChI is InChI=1S/C18H15N3S/c1-12-17(14-5-3-2-4-6-14)21-11-16(20-18(21)22-12)13-7-9-15(19)10-8-13/h2-11H,19H2,1H3. The molecule has 108 valence electrons. The van der Waals surface area contributed by atoms with E-state index in [0.717, 1.165) is 21.9 Å². The molecule has 4 aromatic rings. The summed E-state index contributed by atoms with van der Waals surface area (Å²) in [5, 5.41) is 0. The average molecular weight is 305 g/mol. The van der Waals surface area contributed by atoms with Gasteiger partial charge in [-0.15, -0.1) is 11.3 Å². The monoisotopic (exact) mass is 305 g/mol. The van der Waals surface area contributed by atoms with E-state index in [0.29, 0.717) is 0 Å². The van der Waals surface area contributed by atoms with Gasteiger partial charge in [-0.3, -0.25) is 4.40 Å². The summed E-state index contributed by atoms with van der Waals surface area (Å²) in [6.45, 7) is 2.14. The van der Waals surface area contributed by atoms with Gasteiger partial charge in [0.05, 0.1) is 11.4 Å². The topological polar surface area (TPSA) is 43.3 Å². The van der Waals surface area contributed by atoms with Gasteiger partial charge in [-0.05, 0) is 24.6 Å². The number of fused-ring (bicyclic) bond motifs is 1. The van der Waals surface area contributed by atoms with Crippen LogP contribution in [0.15, 0.2) is 60.8 Å². The van der Waals surface area contributed by atoms with Gasteiger partial charge in [0, 0.05) is 22.3 Å². The van der Waals surface area contributed by atoms with E-state index < -0.39 is 0 Å². The fourth-order valence-electron chi connectivity index (χ4n) is 2.68. The van der Waals surface area contributed by atoms with E-state index in [4.69, 9.17) is 10.7 Å². The van der Waals surface area contributed by atoms with Crippen molar-refractivity contribution in [1.29, 1.82) is 0 Å². The number of imidazole rings is 1. The first-order valence-electron chi connectivity index (χ1n) is 7.12. The molecule has 2 aromatic carbocycles. The van der Waals surface area contributed by atoms with E-state index in [1.54, 1.807) is 11.3 Å². The highest BCUT2D eigenvalue weighted by Crippen LogP contribution is 2.33. The number of thiazole rings is 1. The zero-order valence-electron chi connectivity index (χ0n) is 12.2. The number of nitrogens with two attached hydrogens (primary N) is 1. The molecule has 2 aromatic heterocycles. The largest absolute Gasteiger partial charge is 0.399 e. The molecule has 0 amide bonds. The van der Waals surface area contributed by atoms with Crippen LogP contribution in [0.2, 0.25) is 0 Å². The lowest BCUT2D eigenvalue weighted by Gasteiger charge is -2.01. The second kappa shape index (κ2) is 5.00. The first-order valence-corrected chi connectivity index (χ1v) is 7.94. The molecule has 0 saturated heterocycles. The van der Waals surface area contributed by atoms with Gasteiger partial charge >= 0.3 is 0 Å². The molecule has 0 aliphatic rings. The maximum atomic E-state index is 5.76. The highest BCUT2D eigenvalue weighted by molar-refractivity contribution is 7.17. The van der Waals surface area contributed by atoms with Crippen LogP contribution in [0.5, 0.6) is 0 Å². The number of aromatic nitrogens is 2.